The van der Waals surface area contributed by atoms with E-state index in [-0.39, 0.29) is 11.9 Å². The summed E-state index contributed by atoms with van der Waals surface area (Å²) < 4.78 is 5.41. The summed E-state index contributed by atoms with van der Waals surface area (Å²) in [5, 5.41) is 1.08. The van der Waals surface area contributed by atoms with Gasteiger partial charge in [-0.3, -0.25) is 4.79 Å². The molecule has 1 unspecified atom stereocenters. The van der Waals surface area contributed by atoms with Gasteiger partial charge in [0.2, 0.25) is 0 Å². The van der Waals surface area contributed by atoms with Crippen LogP contribution in [0.15, 0.2) is 18.5 Å². The lowest BCUT2D eigenvalue weighted by Crippen LogP contribution is -2.37. The van der Waals surface area contributed by atoms with Crippen LogP contribution in [-0.4, -0.2) is 28.8 Å². The fourth-order valence-corrected chi connectivity index (χ4v) is 1.57. The number of ether oxygens (including phenoxy) is 1. The quantitative estimate of drug-likeness (QED) is 0.741. The normalized spacial score (nSPS) is 19.9. The van der Waals surface area contributed by atoms with Crippen molar-refractivity contribution in [1.29, 1.82) is 0 Å². The van der Waals surface area contributed by atoms with Crippen LogP contribution in [0.1, 0.15) is 26.2 Å². The number of rotatable bonds is 3. The van der Waals surface area contributed by atoms with Gasteiger partial charge < -0.3 is 4.74 Å². The average molecular weight is 237 g/mol. The number of carbonyl (C=O) groups excluding carboxylic acids is 1. The Hall–Kier alpha value is -1.53. The lowest BCUT2D eigenvalue weighted by Gasteiger charge is -2.27. The maximum atomic E-state index is 11.5. The lowest BCUT2D eigenvalue weighted by atomic mass is 10.2. The number of carbonyl (C=O) groups is 1. The highest BCUT2D eigenvalue weighted by atomic mass is 16.8. The molecule has 0 aliphatic carbocycles. The summed E-state index contributed by atoms with van der Waals surface area (Å²) in [7, 11) is 0. The molecular formula is C11H15N3O3. The molecule has 1 aromatic rings. The summed E-state index contributed by atoms with van der Waals surface area (Å²) in [5.41, 5.74) is 0. The van der Waals surface area contributed by atoms with Crippen molar-refractivity contribution in [1.82, 2.24) is 9.97 Å². The Labute approximate surface area is 99.5 Å². The molecule has 92 valence electrons. The zero-order valence-electron chi connectivity index (χ0n) is 9.70. The number of nitrogens with zero attached hydrogens (tertiary/aromatic N) is 3. The highest BCUT2D eigenvalue weighted by Gasteiger charge is 2.23. The molecular weight excluding hydrogens is 222 g/mol. The van der Waals surface area contributed by atoms with E-state index in [1.165, 1.54) is 6.92 Å². The number of aromatic nitrogens is 2. The second kappa shape index (κ2) is 5.70. The lowest BCUT2D eigenvalue weighted by molar-refractivity contribution is -0.177. The number of anilines is 1. The van der Waals surface area contributed by atoms with Crippen LogP contribution in [0.2, 0.25) is 0 Å². The molecule has 0 saturated carbocycles. The van der Waals surface area contributed by atoms with E-state index in [1.54, 1.807) is 18.5 Å². The molecule has 0 aromatic carbocycles. The summed E-state index contributed by atoms with van der Waals surface area (Å²) in [6, 6.07) is 1.68. The van der Waals surface area contributed by atoms with Gasteiger partial charge in [0.15, 0.2) is 6.29 Å². The molecule has 1 fully saturated rings. The molecule has 2 heterocycles. The van der Waals surface area contributed by atoms with E-state index < -0.39 is 6.29 Å². The first kappa shape index (κ1) is 11.9. The Morgan fingerprint density at radius 1 is 1.47 bits per heavy atom. The smallest absolute Gasteiger partial charge is 0.257 e. The predicted octanol–water partition coefficient (Wildman–Crippen LogP) is 1.29. The minimum atomic E-state index is -0.392. The average Bonchev–Trinajstić information content (AvgIpc) is 2.38. The summed E-state index contributed by atoms with van der Waals surface area (Å²) in [5.74, 6) is -0.0421. The topological polar surface area (TPSA) is 64.6 Å². The van der Waals surface area contributed by atoms with Gasteiger partial charge in [-0.15, -0.1) is 5.06 Å². The summed E-state index contributed by atoms with van der Waals surface area (Å²) in [6.07, 6.45) is 5.56. The molecule has 1 aromatic heterocycles. The van der Waals surface area contributed by atoms with Gasteiger partial charge in [-0.25, -0.2) is 14.8 Å². The highest BCUT2D eigenvalue weighted by Crippen LogP contribution is 2.17. The SMILES string of the molecule is CC(=O)N(OC1CCCCO1)c1ncccn1. The zero-order valence-corrected chi connectivity index (χ0v) is 9.70. The van der Waals surface area contributed by atoms with E-state index in [1.807, 2.05) is 0 Å². The predicted molar refractivity (Wildman–Crippen MR) is 59.9 cm³/mol. The van der Waals surface area contributed by atoms with Crippen molar-refractivity contribution in [2.75, 3.05) is 11.7 Å². The van der Waals surface area contributed by atoms with Crippen molar-refractivity contribution in [3.63, 3.8) is 0 Å². The molecule has 1 saturated heterocycles. The minimum absolute atomic E-state index is 0.231. The van der Waals surface area contributed by atoms with Crippen molar-refractivity contribution >= 4 is 11.9 Å². The van der Waals surface area contributed by atoms with Gasteiger partial charge in [0.05, 0.1) is 0 Å². The van der Waals surface area contributed by atoms with Gasteiger partial charge in [0, 0.05) is 32.3 Å². The molecule has 0 spiro atoms. The first-order chi connectivity index (χ1) is 8.27. The van der Waals surface area contributed by atoms with E-state index in [9.17, 15) is 4.79 Å². The molecule has 6 heteroatoms. The number of hydroxylamine groups is 1. The molecule has 6 nitrogen and oxygen atoms in total. The van der Waals surface area contributed by atoms with Crippen LogP contribution in [0.4, 0.5) is 5.95 Å². The van der Waals surface area contributed by atoms with Gasteiger partial charge in [-0.2, -0.15) is 0 Å². The Bertz CT molecular complexity index is 365. The van der Waals surface area contributed by atoms with E-state index in [0.717, 1.165) is 24.3 Å². The van der Waals surface area contributed by atoms with E-state index in [4.69, 9.17) is 9.57 Å². The molecule has 1 aliphatic rings. The molecule has 17 heavy (non-hydrogen) atoms. The highest BCUT2D eigenvalue weighted by molar-refractivity contribution is 5.87. The molecule has 1 aliphatic heterocycles. The summed E-state index contributed by atoms with van der Waals surface area (Å²) in [6.45, 7) is 2.06. The fraction of sp³-hybridized carbons (Fsp3) is 0.545. The number of amides is 1. The fourth-order valence-electron chi connectivity index (χ4n) is 1.57. The maximum Gasteiger partial charge on any atom is 0.257 e. The molecule has 0 radical (unpaired) electrons. The summed E-state index contributed by atoms with van der Waals surface area (Å²) in [4.78, 5) is 24.9. The van der Waals surface area contributed by atoms with E-state index >= 15 is 0 Å². The van der Waals surface area contributed by atoms with Gasteiger partial charge >= 0.3 is 0 Å². The van der Waals surface area contributed by atoms with Crippen molar-refractivity contribution in [3.8, 4) is 0 Å². The third kappa shape index (κ3) is 3.21. The first-order valence-electron chi connectivity index (χ1n) is 5.63. The minimum Gasteiger partial charge on any atom is -0.350 e. The van der Waals surface area contributed by atoms with Crippen molar-refractivity contribution in [3.05, 3.63) is 18.5 Å². The number of hydrogen-bond acceptors (Lipinski definition) is 5. The molecule has 1 amide bonds. The Balaban J connectivity index is 2.05. The van der Waals surface area contributed by atoms with Crippen LogP contribution in [0, 0.1) is 0 Å². The van der Waals surface area contributed by atoms with Crippen molar-refractivity contribution in [2.24, 2.45) is 0 Å². The van der Waals surface area contributed by atoms with Crippen molar-refractivity contribution in [2.45, 2.75) is 32.5 Å². The van der Waals surface area contributed by atoms with Crippen LogP contribution in [0.25, 0.3) is 0 Å². The molecule has 0 N–H and O–H groups in total. The van der Waals surface area contributed by atoms with Crippen LogP contribution in [0.5, 0.6) is 0 Å². The van der Waals surface area contributed by atoms with Crippen LogP contribution < -0.4 is 5.06 Å². The Morgan fingerprint density at radius 2 is 2.24 bits per heavy atom. The van der Waals surface area contributed by atoms with Crippen LogP contribution >= 0.6 is 0 Å². The second-order valence-electron chi connectivity index (χ2n) is 3.76. The van der Waals surface area contributed by atoms with E-state index in [0.29, 0.717) is 6.61 Å². The first-order valence-corrected chi connectivity index (χ1v) is 5.63. The molecule has 2 rings (SSSR count). The summed E-state index contributed by atoms with van der Waals surface area (Å²) >= 11 is 0. The number of hydrogen-bond donors (Lipinski definition) is 0. The van der Waals surface area contributed by atoms with Gasteiger partial charge in [0.25, 0.3) is 11.9 Å². The molecule has 1 atom stereocenters. The van der Waals surface area contributed by atoms with Crippen molar-refractivity contribution < 1.29 is 14.4 Å². The maximum absolute atomic E-state index is 11.5. The van der Waals surface area contributed by atoms with Gasteiger partial charge in [0.1, 0.15) is 0 Å². The monoisotopic (exact) mass is 237 g/mol. The van der Waals surface area contributed by atoms with Gasteiger partial charge in [-0.1, -0.05) is 0 Å². The zero-order chi connectivity index (χ0) is 12.1. The molecule has 0 bridgehead atoms. The Kier molecular flexibility index (Phi) is 4.00. The van der Waals surface area contributed by atoms with Crippen LogP contribution in [0.3, 0.4) is 0 Å². The van der Waals surface area contributed by atoms with Gasteiger partial charge in [-0.05, 0) is 18.9 Å². The van der Waals surface area contributed by atoms with Crippen LogP contribution in [-0.2, 0) is 14.4 Å². The largest absolute Gasteiger partial charge is 0.350 e. The Morgan fingerprint density at radius 3 is 2.82 bits per heavy atom. The standard InChI is InChI=1S/C11H15N3O3/c1-9(15)14(11-12-6-4-7-13-11)17-10-5-2-3-8-16-10/h4,6-7,10H,2-3,5,8H2,1H3. The third-order valence-corrected chi connectivity index (χ3v) is 2.38. The third-order valence-electron chi connectivity index (χ3n) is 2.38. The van der Waals surface area contributed by atoms with E-state index in [2.05, 4.69) is 9.97 Å². The second-order valence-corrected chi connectivity index (χ2v) is 3.76.